The number of likely N-dealkylation sites (tertiary alicyclic amines) is 1. The molecule has 1 fully saturated rings. The van der Waals surface area contributed by atoms with E-state index in [-0.39, 0.29) is 16.8 Å². The monoisotopic (exact) mass is 348 g/mol. The van der Waals surface area contributed by atoms with Crippen LogP contribution in [0.25, 0.3) is 0 Å². The number of carboxylic acids is 1. The number of amides is 3. The zero-order valence-corrected chi connectivity index (χ0v) is 13.6. The molecule has 124 valence electrons. The predicted octanol–water partition coefficient (Wildman–Crippen LogP) is 1.44. The number of carboxylic acid groups (broad SMARTS) is 1. The molecule has 2 atom stereocenters. The Morgan fingerprint density at radius 1 is 1.08 bits per heavy atom. The Labute approximate surface area is 142 Å². The first kappa shape index (κ1) is 16.2. The molecule has 2 heterocycles. The minimum Gasteiger partial charge on any atom is -0.477 e. The fourth-order valence-electron chi connectivity index (χ4n) is 2.93. The number of β-lactam (4-membered cyclic amide) rings is 1. The maximum Gasteiger partial charge on any atom is 0.352 e. The van der Waals surface area contributed by atoms with E-state index < -0.39 is 35.2 Å². The Kier molecular flexibility index (Phi) is 3.68. The summed E-state index contributed by atoms with van der Waals surface area (Å²) >= 11 is 6.17. The van der Waals surface area contributed by atoms with Gasteiger partial charge < -0.3 is 5.11 Å². The maximum atomic E-state index is 12.4. The van der Waals surface area contributed by atoms with Crippen LogP contribution < -0.4 is 0 Å². The number of rotatable bonds is 3. The first-order valence-electron chi connectivity index (χ1n) is 7.12. The molecule has 24 heavy (non-hydrogen) atoms. The number of halogens is 1. The standard InChI is InChI=1S/C16H13ClN2O5/c1-7(2)10(16(23)24)18-12(17)11(15(18)22)19-13(20)8-5-3-4-6-9(8)14(19)21/h3-6,11-12H,1-2H3,(H,23,24)/t11-,12+/m0/s1. The lowest BCUT2D eigenvalue weighted by molar-refractivity contribution is -0.152. The van der Waals surface area contributed by atoms with Gasteiger partial charge in [-0.3, -0.25) is 24.2 Å². The Bertz CT molecular complexity index is 793. The normalized spacial score (nSPS) is 22.4. The third-order valence-corrected chi connectivity index (χ3v) is 4.45. The quantitative estimate of drug-likeness (QED) is 0.293. The third kappa shape index (κ3) is 2.05. The number of aliphatic carboxylic acids is 1. The number of allylic oxidation sites excluding steroid dienone is 1. The van der Waals surface area contributed by atoms with Crippen LogP contribution in [0.15, 0.2) is 35.5 Å². The molecule has 0 aromatic heterocycles. The fraction of sp³-hybridized carbons (Fsp3) is 0.250. The number of hydrogen-bond acceptors (Lipinski definition) is 4. The average Bonchev–Trinajstić information content (AvgIpc) is 2.77. The summed E-state index contributed by atoms with van der Waals surface area (Å²) < 4.78 is 0. The number of benzene rings is 1. The van der Waals surface area contributed by atoms with Gasteiger partial charge in [0, 0.05) is 0 Å². The van der Waals surface area contributed by atoms with E-state index in [1.807, 2.05) is 0 Å². The molecule has 0 spiro atoms. The molecule has 8 heteroatoms. The topological polar surface area (TPSA) is 95.0 Å². The Hall–Kier alpha value is -2.67. The van der Waals surface area contributed by atoms with Crippen molar-refractivity contribution in [2.24, 2.45) is 0 Å². The van der Waals surface area contributed by atoms with Gasteiger partial charge in [-0.05, 0) is 31.6 Å². The number of fused-ring (bicyclic) bond motifs is 1. The molecule has 7 nitrogen and oxygen atoms in total. The summed E-state index contributed by atoms with van der Waals surface area (Å²) in [5.41, 5.74) is -0.563. The van der Waals surface area contributed by atoms with Gasteiger partial charge in [-0.15, -0.1) is 0 Å². The van der Waals surface area contributed by atoms with E-state index in [9.17, 15) is 24.3 Å². The molecule has 0 radical (unpaired) electrons. The molecule has 1 N–H and O–H groups in total. The van der Waals surface area contributed by atoms with Crippen LogP contribution in [0.5, 0.6) is 0 Å². The number of alkyl halides is 1. The van der Waals surface area contributed by atoms with Crippen molar-refractivity contribution in [2.45, 2.75) is 25.4 Å². The lowest BCUT2D eigenvalue weighted by atomic mass is 10.0. The summed E-state index contributed by atoms with van der Waals surface area (Å²) in [5, 5.41) is 9.25. The molecule has 0 saturated carbocycles. The highest BCUT2D eigenvalue weighted by Crippen LogP contribution is 2.37. The molecule has 3 rings (SSSR count). The van der Waals surface area contributed by atoms with Crippen molar-refractivity contribution in [1.29, 1.82) is 0 Å². The fourth-order valence-corrected chi connectivity index (χ4v) is 3.34. The molecule has 1 aromatic carbocycles. The van der Waals surface area contributed by atoms with Crippen molar-refractivity contribution in [3.63, 3.8) is 0 Å². The molecule has 2 aliphatic heterocycles. The average molecular weight is 349 g/mol. The summed E-state index contributed by atoms with van der Waals surface area (Å²) in [4.78, 5) is 50.3. The molecule has 2 aliphatic rings. The van der Waals surface area contributed by atoms with E-state index in [1.165, 1.54) is 26.0 Å². The van der Waals surface area contributed by atoms with Crippen LogP contribution in [0, 0.1) is 0 Å². The minimum atomic E-state index is -1.30. The van der Waals surface area contributed by atoms with Gasteiger partial charge in [0.1, 0.15) is 11.2 Å². The van der Waals surface area contributed by atoms with Gasteiger partial charge in [0.25, 0.3) is 17.7 Å². The first-order valence-corrected chi connectivity index (χ1v) is 7.55. The SMILES string of the molecule is CC(C)=C(C(=O)O)N1C(=O)[C@@H](N2C(=O)c3ccccc3C2=O)[C@@H]1Cl. The van der Waals surface area contributed by atoms with Crippen LogP contribution in [0.3, 0.4) is 0 Å². The van der Waals surface area contributed by atoms with Crippen molar-refractivity contribution in [2.75, 3.05) is 0 Å². The largest absolute Gasteiger partial charge is 0.477 e. The van der Waals surface area contributed by atoms with Gasteiger partial charge in [-0.1, -0.05) is 23.7 Å². The number of carbonyl (C=O) groups is 4. The number of nitrogens with zero attached hydrogens (tertiary/aromatic N) is 2. The van der Waals surface area contributed by atoms with Crippen molar-refractivity contribution in [3.8, 4) is 0 Å². The zero-order valence-electron chi connectivity index (χ0n) is 12.8. The van der Waals surface area contributed by atoms with Crippen molar-refractivity contribution >= 4 is 35.3 Å². The Morgan fingerprint density at radius 3 is 1.96 bits per heavy atom. The second-order valence-electron chi connectivity index (χ2n) is 5.71. The van der Waals surface area contributed by atoms with Crippen LogP contribution in [-0.4, -0.2) is 50.1 Å². The van der Waals surface area contributed by atoms with E-state index in [4.69, 9.17) is 11.6 Å². The molecule has 0 unspecified atom stereocenters. The van der Waals surface area contributed by atoms with Crippen LogP contribution in [0.1, 0.15) is 34.6 Å². The Morgan fingerprint density at radius 2 is 1.58 bits per heavy atom. The third-order valence-electron chi connectivity index (χ3n) is 4.02. The first-order chi connectivity index (χ1) is 11.3. The zero-order chi connectivity index (χ0) is 17.8. The van der Waals surface area contributed by atoms with Gasteiger partial charge in [0.2, 0.25) is 0 Å². The molecular weight excluding hydrogens is 336 g/mol. The van der Waals surface area contributed by atoms with Gasteiger partial charge in [-0.2, -0.15) is 0 Å². The lowest BCUT2D eigenvalue weighted by Crippen LogP contribution is -2.69. The summed E-state index contributed by atoms with van der Waals surface area (Å²) in [6.45, 7) is 3.07. The van der Waals surface area contributed by atoms with E-state index in [2.05, 4.69) is 0 Å². The number of imide groups is 1. The highest BCUT2D eigenvalue weighted by Gasteiger charge is 2.57. The molecule has 1 saturated heterocycles. The second kappa shape index (κ2) is 5.45. The van der Waals surface area contributed by atoms with Crippen LogP contribution in [-0.2, 0) is 9.59 Å². The van der Waals surface area contributed by atoms with Crippen molar-refractivity contribution in [3.05, 3.63) is 46.7 Å². The van der Waals surface area contributed by atoms with Crippen molar-refractivity contribution < 1.29 is 24.3 Å². The van der Waals surface area contributed by atoms with E-state index in [0.717, 1.165) is 9.80 Å². The molecular formula is C16H13ClN2O5. The lowest BCUT2D eigenvalue weighted by Gasteiger charge is -2.46. The molecule has 0 aliphatic carbocycles. The summed E-state index contributed by atoms with van der Waals surface area (Å²) in [6.07, 6.45) is 0. The predicted molar refractivity (Wildman–Crippen MR) is 83.2 cm³/mol. The van der Waals surface area contributed by atoms with Gasteiger partial charge in [-0.25, -0.2) is 4.79 Å². The van der Waals surface area contributed by atoms with E-state index in [0.29, 0.717) is 5.57 Å². The summed E-state index contributed by atoms with van der Waals surface area (Å²) in [6, 6.07) is 5.02. The van der Waals surface area contributed by atoms with E-state index >= 15 is 0 Å². The molecule has 3 amide bonds. The smallest absolute Gasteiger partial charge is 0.352 e. The minimum absolute atomic E-state index is 0.207. The van der Waals surface area contributed by atoms with E-state index in [1.54, 1.807) is 12.1 Å². The van der Waals surface area contributed by atoms with Crippen LogP contribution in [0.4, 0.5) is 0 Å². The van der Waals surface area contributed by atoms with Crippen molar-refractivity contribution in [1.82, 2.24) is 9.80 Å². The molecule has 0 bridgehead atoms. The van der Waals surface area contributed by atoms with Gasteiger partial charge >= 0.3 is 5.97 Å². The highest BCUT2D eigenvalue weighted by molar-refractivity contribution is 6.30. The van der Waals surface area contributed by atoms with Crippen LogP contribution in [0.2, 0.25) is 0 Å². The number of hydrogen-bond donors (Lipinski definition) is 1. The second-order valence-corrected chi connectivity index (χ2v) is 6.15. The summed E-state index contributed by atoms with van der Waals surface area (Å²) in [5.74, 6) is -3.19. The highest BCUT2D eigenvalue weighted by atomic mass is 35.5. The number of carbonyl (C=O) groups excluding carboxylic acids is 3. The van der Waals surface area contributed by atoms with Crippen LogP contribution >= 0.6 is 11.6 Å². The maximum absolute atomic E-state index is 12.4. The summed E-state index contributed by atoms with van der Waals surface area (Å²) in [7, 11) is 0. The molecule has 1 aromatic rings. The Balaban J connectivity index is 1.94. The van der Waals surface area contributed by atoms with Gasteiger partial charge in [0.15, 0.2) is 6.04 Å². The van der Waals surface area contributed by atoms with Gasteiger partial charge in [0.05, 0.1) is 11.1 Å².